The number of hydrogen-bond acceptors (Lipinski definition) is 3. The number of aromatic nitrogens is 1. The highest BCUT2D eigenvalue weighted by Gasteiger charge is 2.25. The fraction of sp³-hybridized carbons (Fsp3) is 0.667. The number of amides is 1. The molecule has 0 unspecified atom stereocenters. The molecule has 1 aromatic rings. The number of pyridine rings is 1. The summed E-state index contributed by atoms with van der Waals surface area (Å²) in [4.78, 5) is 15.6. The van der Waals surface area contributed by atoms with Crippen molar-refractivity contribution >= 4 is 17.5 Å². The molecule has 6 heteroatoms. The molecule has 1 amide bonds. The number of piperidine rings is 1. The number of carbonyl (C=O) groups excluding carboxylic acids is 1. The third-order valence-corrected chi connectivity index (χ3v) is 5.60. The van der Waals surface area contributed by atoms with E-state index in [1.165, 1.54) is 12.3 Å². The summed E-state index contributed by atoms with van der Waals surface area (Å²) in [7, 11) is 0. The number of nitrogens with zero attached hydrogens (tertiary/aromatic N) is 1. The van der Waals surface area contributed by atoms with Gasteiger partial charge in [0.1, 0.15) is 5.82 Å². The Labute approximate surface area is 147 Å². The maximum absolute atomic E-state index is 13.1. The van der Waals surface area contributed by atoms with Crippen molar-refractivity contribution in [1.82, 2.24) is 15.6 Å². The molecule has 1 saturated heterocycles. The molecule has 132 valence electrons. The van der Waals surface area contributed by atoms with Crippen LogP contribution < -0.4 is 10.6 Å². The lowest BCUT2D eigenvalue weighted by molar-refractivity contribution is -0.122. The van der Waals surface area contributed by atoms with Crippen LogP contribution >= 0.6 is 11.6 Å². The Balaban J connectivity index is 1.40. The Morgan fingerprint density at radius 2 is 2.08 bits per heavy atom. The molecule has 24 heavy (non-hydrogen) atoms. The van der Waals surface area contributed by atoms with Gasteiger partial charge in [0.25, 0.3) is 0 Å². The zero-order valence-electron chi connectivity index (χ0n) is 13.9. The minimum absolute atomic E-state index is 0.155. The number of rotatable bonds is 5. The molecule has 1 aromatic heterocycles. The molecule has 0 radical (unpaired) electrons. The van der Waals surface area contributed by atoms with E-state index in [9.17, 15) is 9.18 Å². The summed E-state index contributed by atoms with van der Waals surface area (Å²) in [6.45, 7) is 1.76. The summed E-state index contributed by atoms with van der Waals surface area (Å²) in [6.07, 6.45) is 8.48. The van der Waals surface area contributed by atoms with Crippen LogP contribution in [0.4, 0.5) is 4.39 Å². The van der Waals surface area contributed by atoms with Gasteiger partial charge in [-0.2, -0.15) is 0 Å². The van der Waals surface area contributed by atoms with Gasteiger partial charge in [-0.3, -0.25) is 9.78 Å². The average Bonchev–Trinajstić information content (AvgIpc) is 2.56. The second-order valence-corrected chi connectivity index (χ2v) is 7.43. The predicted molar refractivity (Wildman–Crippen MR) is 92.6 cm³/mol. The molecule has 0 aromatic carbocycles. The molecule has 0 spiro atoms. The minimum atomic E-state index is -0.375. The molecule has 1 aliphatic heterocycles. The average molecular weight is 354 g/mol. The molecule has 3 rings (SSSR count). The Bertz CT molecular complexity index is 575. The van der Waals surface area contributed by atoms with Crippen LogP contribution in [-0.2, 0) is 4.79 Å². The summed E-state index contributed by atoms with van der Waals surface area (Å²) in [5, 5.41) is 6.84. The van der Waals surface area contributed by atoms with Crippen molar-refractivity contribution in [3.8, 4) is 0 Å². The molecular formula is C18H25ClFN3O. The lowest BCUT2D eigenvalue weighted by Crippen LogP contribution is -2.43. The first-order chi connectivity index (χ1) is 11.6. The van der Waals surface area contributed by atoms with E-state index in [4.69, 9.17) is 11.6 Å². The summed E-state index contributed by atoms with van der Waals surface area (Å²) in [5.74, 6) is 0.845. The fourth-order valence-corrected chi connectivity index (χ4v) is 4.21. The van der Waals surface area contributed by atoms with E-state index in [0.29, 0.717) is 29.3 Å². The summed E-state index contributed by atoms with van der Waals surface area (Å²) < 4.78 is 13.1. The van der Waals surface area contributed by atoms with Crippen molar-refractivity contribution in [3.63, 3.8) is 0 Å². The Kier molecular flexibility index (Phi) is 6.06. The molecule has 1 aliphatic carbocycles. The number of carbonyl (C=O) groups is 1. The van der Waals surface area contributed by atoms with E-state index in [0.717, 1.165) is 57.3 Å². The van der Waals surface area contributed by atoms with Crippen molar-refractivity contribution in [1.29, 1.82) is 0 Å². The number of halogens is 2. The quantitative estimate of drug-likeness (QED) is 0.853. The molecule has 1 atom stereocenters. The van der Waals surface area contributed by atoms with Gasteiger partial charge < -0.3 is 10.6 Å². The van der Waals surface area contributed by atoms with E-state index < -0.39 is 0 Å². The van der Waals surface area contributed by atoms with E-state index in [-0.39, 0.29) is 11.7 Å². The summed E-state index contributed by atoms with van der Waals surface area (Å²) in [5.41, 5.74) is 0.850. The first-order valence-corrected chi connectivity index (χ1v) is 9.30. The van der Waals surface area contributed by atoms with E-state index in [1.54, 1.807) is 0 Å². The monoisotopic (exact) mass is 353 g/mol. The van der Waals surface area contributed by atoms with Crippen LogP contribution in [0, 0.1) is 11.7 Å². The van der Waals surface area contributed by atoms with Crippen LogP contribution in [0.25, 0.3) is 0 Å². The number of hydrogen-bond donors (Lipinski definition) is 2. The van der Waals surface area contributed by atoms with Crippen LogP contribution in [-0.4, -0.2) is 30.0 Å². The summed E-state index contributed by atoms with van der Waals surface area (Å²) >= 11 is 6.14. The Morgan fingerprint density at radius 3 is 2.79 bits per heavy atom. The molecular weight excluding hydrogens is 329 g/mol. The largest absolute Gasteiger partial charge is 0.356 e. The predicted octanol–water partition coefficient (Wildman–Crippen LogP) is 3.41. The third kappa shape index (κ3) is 4.67. The Hall–Kier alpha value is -1.20. The van der Waals surface area contributed by atoms with Crippen LogP contribution in [0.3, 0.4) is 0 Å². The van der Waals surface area contributed by atoms with E-state index >= 15 is 0 Å². The van der Waals surface area contributed by atoms with Crippen molar-refractivity contribution in [2.24, 2.45) is 5.92 Å². The molecule has 4 nitrogen and oxygen atoms in total. The van der Waals surface area contributed by atoms with Gasteiger partial charge in [-0.1, -0.05) is 11.6 Å². The van der Waals surface area contributed by atoms with Crippen LogP contribution in [0.1, 0.15) is 56.6 Å². The van der Waals surface area contributed by atoms with Crippen LogP contribution in [0.5, 0.6) is 0 Å². The van der Waals surface area contributed by atoms with Gasteiger partial charge in [0.15, 0.2) is 0 Å². The van der Waals surface area contributed by atoms with Gasteiger partial charge in [0.05, 0.1) is 16.9 Å². The lowest BCUT2D eigenvalue weighted by atomic mass is 9.79. The van der Waals surface area contributed by atoms with Gasteiger partial charge in [-0.25, -0.2) is 4.39 Å². The summed E-state index contributed by atoms with van der Waals surface area (Å²) in [6, 6.07) is 1.69. The highest BCUT2D eigenvalue weighted by atomic mass is 35.5. The SMILES string of the molecule is O=C1C[C@@H](NCC[C@H]2CC[C@@H](c3ncc(F)cc3Cl)CC2)CCN1. The van der Waals surface area contributed by atoms with Gasteiger partial charge in [0, 0.05) is 24.9 Å². The lowest BCUT2D eigenvalue weighted by Gasteiger charge is -2.29. The molecule has 2 aliphatic rings. The second kappa shape index (κ2) is 8.26. The standard InChI is InChI=1S/C18H25ClFN3O/c19-16-9-14(20)11-23-18(16)13-3-1-12(2-4-13)5-7-21-15-6-8-22-17(24)10-15/h9,11-13,15,21H,1-8,10H2,(H,22,24)/t12-,13+,15-/m0/s1. The maximum atomic E-state index is 13.1. The Morgan fingerprint density at radius 1 is 1.29 bits per heavy atom. The van der Waals surface area contributed by atoms with Gasteiger partial charge >= 0.3 is 0 Å². The minimum Gasteiger partial charge on any atom is -0.356 e. The molecule has 2 N–H and O–H groups in total. The third-order valence-electron chi connectivity index (χ3n) is 5.30. The first-order valence-electron chi connectivity index (χ1n) is 8.93. The highest BCUT2D eigenvalue weighted by molar-refractivity contribution is 6.31. The van der Waals surface area contributed by atoms with E-state index in [1.807, 2.05) is 0 Å². The van der Waals surface area contributed by atoms with Crippen LogP contribution in [0.15, 0.2) is 12.3 Å². The van der Waals surface area contributed by atoms with Gasteiger partial charge in [-0.05, 0) is 57.1 Å². The fourth-order valence-electron chi connectivity index (χ4n) is 3.90. The number of nitrogens with one attached hydrogen (secondary N) is 2. The first kappa shape index (κ1) is 17.6. The second-order valence-electron chi connectivity index (χ2n) is 7.02. The molecule has 2 fully saturated rings. The maximum Gasteiger partial charge on any atom is 0.221 e. The topological polar surface area (TPSA) is 54.0 Å². The van der Waals surface area contributed by atoms with E-state index in [2.05, 4.69) is 15.6 Å². The molecule has 2 heterocycles. The van der Waals surface area contributed by atoms with Gasteiger partial charge in [0.2, 0.25) is 5.91 Å². The van der Waals surface area contributed by atoms with Crippen molar-refractivity contribution < 1.29 is 9.18 Å². The zero-order valence-corrected chi connectivity index (χ0v) is 14.6. The molecule has 0 bridgehead atoms. The van der Waals surface area contributed by atoms with Gasteiger partial charge in [-0.15, -0.1) is 0 Å². The zero-order chi connectivity index (χ0) is 16.9. The van der Waals surface area contributed by atoms with Crippen molar-refractivity contribution in [2.45, 2.75) is 56.9 Å². The smallest absolute Gasteiger partial charge is 0.221 e. The van der Waals surface area contributed by atoms with Crippen molar-refractivity contribution in [3.05, 3.63) is 28.8 Å². The van der Waals surface area contributed by atoms with Crippen molar-refractivity contribution in [2.75, 3.05) is 13.1 Å². The van der Waals surface area contributed by atoms with Crippen LogP contribution in [0.2, 0.25) is 5.02 Å². The molecule has 1 saturated carbocycles. The normalized spacial score (nSPS) is 27.8. The highest BCUT2D eigenvalue weighted by Crippen LogP contribution is 2.38.